The van der Waals surface area contributed by atoms with Gasteiger partial charge < -0.3 is 5.11 Å². The van der Waals surface area contributed by atoms with E-state index in [9.17, 15) is 9.50 Å². The van der Waals surface area contributed by atoms with Crippen molar-refractivity contribution >= 4 is 0 Å². The fraction of sp³-hybridized carbons (Fsp3) is 0.500. The second kappa shape index (κ2) is 4.09. The van der Waals surface area contributed by atoms with Crippen molar-refractivity contribution in [1.82, 2.24) is 0 Å². The number of aliphatic hydroxyl groups excluding tert-OH is 1. The van der Waals surface area contributed by atoms with Gasteiger partial charge in [-0.05, 0) is 24.8 Å². The van der Waals surface area contributed by atoms with Crippen molar-refractivity contribution in [1.29, 1.82) is 0 Å². The van der Waals surface area contributed by atoms with Crippen molar-refractivity contribution < 1.29 is 9.50 Å². The molecule has 1 saturated carbocycles. The van der Waals surface area contributed by atoms with Gasteiger partial charge in [0.1, 0.15) is 6.17 Å². The van der Waals surface area contributed by atoms with E-state index in [1.165, 1.54) is 0 Å². The van der Waals surface area contributed by atoms with E-state index < -0.39 is 6.17 Å². The highest BCUT2D eigenvalue weighted by molar-refractivity contribution is 5.21. The summed E-state index contributed by atoms with van der Waals surface area (Å²) in [4.78, 5) is 0. The standard InChI is InChI=1S/C12H15FO/c13-12-7-6-10(14)8-11(12)9-4-2-1-3-5-9/h1-5,10-12,14H,6-8H2/t10-,11+,12+/m0/s1. The van der Waals surface area contributed by atoms with E-state index in [1.54, 1.807) is 0 Å². The molecular weight excluding hydrogens is 179 g/mol. The topological polar surface area (TPSA) is 20.2 Å². The first-order valence-corrected chi connectivity index (χ1v) is 5.14. The Labute approximate surface area is 83.6 Å². The Morgan fingerprint density at radius 2 is 1.86 bits per heavy atom. The molecule has 0 spiro atoms. The predicted octanol–water partition coefficient (Wildman–Crippen LogP) is 2.65. The molecule has 1 nitrogen and oxygen atoms in total. The molecule has 1 N–H and O–H groups in total. The second-order valence-corrected chi connectivity index (χ2v) is 4.00. The smallest absolute Gasteiger partial charge is 0.107 e. The SMILES string of the molecule is O[C@H]1CC[C@@H](F)[C@@H](c2ccccc2)C1. The second-order valence-electron chi connectivity index (χ2n) is 4.00. The van der Waals surface area contributed by atoms with E-state index in [0.717, 1.165) is 5.56 Å². The summed E-state index contributed by atoms with van der Waals surface area (Å²) < 4.78 is 13.6. The van der Waals surface area contributed by atoms with Crippen LogP contribution in [0.5, 0.6) is 0 Å². The third kappa shape index (κ3) is 1.95. The van der Waals surface area contributed by atoms with Crippen LogP contribution in [0.25, 0.3) is 0 Å². The number of alkyl halides is 1. The summed E-state index contributed by atoms with van der Waals surface area (Å²) in [7, 11) is 0. The number of halogens is 1. The Morgan fingerprint density at radius 3 is 2.57 bits per heavy atom. The highest BCUT2D eigenvalue weighted by atomic mass is 19.1. The molecule has 3 atom stereocenters. The van der Waals surface area contributed by atoms with E-state index >= 15 is 0 Å². The molecule has 1 aliphatic carbocycles. The molecule has 1 aromatic rings. The quantitative estimate of drug-likeness (QED) is 0.728. The zero-order valence-electron chi connectivity index (χ0n) is 8.07. The first-order chi connectivity index (χ1) is 6.77. The molecular formula is C12H15FO. The zero-order valence-corrected chi connectivity index (χ0v) is 8.07. The fourth-order valence-corrected chi connectivity index (χ4v) is 2.16. The Bertz CT molecular complexity index is 286. The molecule has 2 heteroatoms. The summed E-state index contributed by atoms with van der Waals surface area (Å²) in [5.74, 6) is -0.111. The van der Waals surface area contributed by atoms with Crippen LogP contribution in [-0.4, -0.2) is 17.4 Å². The number of hydrogen-bond donors (Lipinski definition) is 1. The summed E-state index contributed by atoms with van der Waals surface area (Å²) in [6, 6.07) is 9.65. The Hall–Kier alpha value is -0.890. The minimum absolute atomic E-state index is 0.111. The Kier molecular flexibility index (Phi) is 2.82. The minimum atomic E-state index is -0.791. The van der Waals surface area contributed by atoms with Crippen LogP contribution in [0.4, 0.5) is 4.39 Å². The van der Waals surface area contributed by atoms with Crippen molar-refractivity contribution in [2.75, 3.05) is 0 Å². The van der Waals surface area contributed by atoms with Gasteiger partial charge in [0.25, 0.3) is 0 Å². The van der Waals surface area contributed by atoms with Gasteiger partial charge in [-0.2, -0.15) is 0 Å². The van der Waals surface area contributed by atoms with Gasteiger partial charge in [0.05, 0.1) is 6.10 Å². The number of benzene rings is 1. The predicted molar refractivity (Wildman–Crippen MR) is 53.9 cm³/mol. The third-order valence-electron chi connectivity index (χ3n) is 2.97. The molecule has 0 saturated heterocycles. The van der Waals surface area contributed by atoms with Crippen molar-refractivity contribution in [2.45, 2.75) is 37.5 Å². The van der Waals surface area contributed by atoms with Gasteiger partial charge in [-0.1, -0.05) is 30.3 Å². The molecule has 1 fully saturated rings. The number of aliphatic hydroxyl groups is 1. The first-order valence-electron chi connectivity index (χ1n) is 5.14. The zero-order chi connectivity index (χ0) is 9.97. The van der Waals surface area contributed by atoms with Crippen LogP contribution < -0.4 is 0 Å². The molecule has 0 aromatic heterocycles. The van der Waals surface area contributed by atoms with Gasteiger partial charge in [0.15, 0.2) is 0 Å². The molecule has 1 aromatic carbocycles. The van der Waals surface area contributed by atoms with Gasteiger partial charge in [-0.15, -0.1) is 0 Å². The van der Waals surface area contributed by atoms with Gasteiger partial charge >= 0.3 is 0 Å². The summed E-state index contributed by atoms with van der Waals surface area (Å²) >= 11 is 0. The lowest BCUT2D eigenvalue weighted by Gasteiger charge is -2.29. The molecule has 0 heterocycles. The lowest BCUT2D eigenvalue weighted by molar-refractivity contribution is 0.0775. The monoisotopic (exact) mass is 194 g/mol. The van der Waals surface area contributed by atoms with E-state index in [-0.39, 0.29) is 12.0 Å². The van der Waals surface area contributed by atoms with Crippen LogP contribution in [0.15, 0.2) is 30.3 Å². The number of hydrogen-bond acceptors (Lipinski definition) is 1. The minimum Gasteiger partial charge on any atom is -0.393 e. The van der Waals surface area contributed by atoms with Crippen LogP contribution in [0.2, 0.25) is 0 Å². The maximum Gasteiger partial charge on any atom is 0.107 e. The van der Waals surface area contributed by atoms with Crippen molar-refractivity contribution in [3.05, 3.63) is 35.9 Å². The summed E-state index contributed by atoms with van der Waals surface area (Å²) in [5, 5.41) is 9.49. The normalized spacial score (nSPS) is 32.9. The Morgan fingerprint density at radius 1 is 1.14 bits per heavy atom. The average Bonchev–Trinajstić information content (AvgIpc) is 2.23. The van der Waals surface area contributed by atoms with E-state index in [1.807, 2.05) is 30.3 Å². The van der Waals surface area contributed by atoms with Crippen molar-refractivity contribution in [3.63, 3.8) is 0 Å². The van der Waals surface area contributed by atoms with Crippen LogP contribution in [-0.2, 0) is 0 Å². The average molecular weight is 194 g/mol. The van der Waals surface area contributed by atoms with Crippen LogP contribution in [0, 0.1) is 0 Å². The molecule has 0 amide bonds. The molecule has 76 valence electrons. The first kappa shape index (κ1) is 9.66. The van der Waals surface area contributed by atoms with E-state index in [2.05, 4.69) is 0 Å². The van der Waals surface area contributed by atoms with Crippen molar-refractivity contribution in [3.8, 4) is 0 Å². The fourth-order valence-electron chi connectivity index (χ4n) is 2.16. The lowest BCUT2D eigenvalue weighted by Crippen LogP contribution is -2.27. The van der Waals surface area contributed by atoms with Gasteiger partial charge in [0.2, 0.25) is 0 Å². The molecule has 2 rings (SSSR count). The number of rotatable bonds is 1. The third-order valence-corrected chi connectivity index (χ3v) is 2.97. The summed E-state index contributed by atoms with van der Waals surface area (Å²) in [5.41, 5.74) is 1.01. The molecule has 1 aliphatic rings. The highest BCUT2D eigenvalue weighted by Gasteiger charge is 2.30. The largest absolute Gasteiger partial charge is 0.393 e. The van der Waals surface area contributed by atoms with Crippen LogP contribution in [0.3, 0.4) is 0 Å². The van der Waals surface area contributed by atoms with Crippen LogP contribution >= 0.6 is 0 Å². The van der Waals surface area contributed by atoms with Gasteiger partial charge in [-0.3, -0.25) is 0 Å². The Balaban J connectivity index is 2.16. The summed E-state index contributed by atoms with van der Waals surface area (Å²) in [6.45, 7) is 0. The molecule has 0 bridgehead atoms. The molecule has 0 unspecified atom stereocenters. The van der Waals surface area contributed by atoms with E-state index in [4.69, 9.17) is 0 Å². The maximum atomic E-state index is 13.6. The van der Waals surface area contributed by atoms with Crippen LogP contribution in [0.1, 0.15) is 30.7 Å². The van der Waals surface area contributed by atoms with Crippen molar-refractivity contribution in [2.24, 2.45) is 0 Å². The molecule has 0 radical (unpaired) electrons. The maximum absolute atomic E-state index is 13.6. The molecule has 14 heavy (non-hydrogen) atoms. The van der Waals surface area contributed by atoms with Gasteiger partial charge in [0, 0.05) is 5.92 Å². The highest BCUT2D eigenvalue weighted by Crippen LogP contribution is 2.34. The van der Waals surface area contributed by atoms with Gasteiger partial charge in [-0.25, -0.2) is 4.39 Å². The molecule has 0 aliphatic heterocycles. The lowest BCUT2D eigenvalue weighted by atomic mass is 9.81. The van der Waals surface area contributed by atoms with E-state index in [0.29, 0.717) is 19.3 Å². The summed E-state index contributed by atoms with van der Waals surface area (Å²) in [6.07, 6.45) is 0.532.